The van der Waals surface area contributed by atoms with Crippen LogP contribution in [-0.2, 0) is 6.54 Å². The maximum atomic E-state index is 8.63. The number of thiazole rings is 1. The molecule has 1 N–H and O–H groups in total. The first-order valence-electron chi connectivity index (χ1n) is 5.49. The van der Waals surface area contributed by atoms with Gasteiger partial charge in [0, 0.05) is 18.5 Å². The fraction of sp³-hybridized carbons (Fsp3) is 0.727. The summed E-state index contributed by atoms with van der Waals surface area (Å²) >= 11 is 1.65. The molecule has 4 heteroatoms. The average Bonchev–Trinajstić information content (AvgIpc) is 2.70. The lowest BCUT2D eigenvalue weighted by molar-refractivity contribution is 0.276. The molecule has 0 aliphatic rings. The minimum Gasteiger partial charge on any atom is -0.396 e. The highest BCUT2D eigenvalue weighted by atomic mass is 32.1. The third-order valence-electron chi connectivity index (χ3n) is 2.36. The second-order valence-electron chi connectivity index (χ2n) is 3.86. The summed E-state index contributed by atoms with van der Waals surface area (Å²) in [4.78, 5) is 6.56. The summed E-state index contributed by atoms with van der Waals surface area (Å²) in [5.74, 6) is 0. The van der Waals surface area contributed by atoms with Crippen molar-refractivity contribution in [3.8, 4) is 0 Å². The molecule has 86 valence electrons. The van der Waals surface area contributed by atoms with Crippen LogP contribution in [0.5, 0.6) is 0 Å². The van der Waals surface area contributed by atoms with Crippen LogP contribution in [-0.4, -0.2) is 35.2 Å². The first kappa shape index (κ1) is 12.6. The summed E-state index contributed by atoms with van der Waals surface area (Å²) in [6, 6.07) is 0. The van der Waals surface area contributed by atoms with Gasteiger partial charge in [0.05, 0.1) is 11.2 Å². The van der Waals surface area contributed by atoms with Crippen molar-refractivity contribution in [2.45, 2.75) is 32.2 Å². The van der Waals surface area contributed by atoms with Gasteiger partial charge in [-0.2, -0.15) is 0 Å². The fourth-order valence-electron chi connectivity index (χ4n) is 1.52. The quantitative estimate of drug-likeness (QED) is 0.692. The normalized spacial score (nSPS) is 11.1. The molecule has 0 aliphatic carbocycles. The van der Waals surface area contributed by atoms with Crippen molar-refractivity contribution in [3.05, 3.63) is 16.6 Å². The highest BCUT2D eigenvalue weighted by molar-refractivity contribution is 7.07. The third-order valence-corrected chi connectivity index (χ3v) is 3.00. The Kier molecular flexibility index (Phi) is 6.55. The van der Waals surface area contributed by atoms with Crippen LogP contribution in [0, 0.1) is 0 Å². The molecule has 0 radical (unpaired) electrons. The molecule has 1 aromatic rings. The van der Waals surface area contributed by atoms with Gasteiger partial charge in [0.25, 0.3) is 0 Å². The standard InChI is InChI=1S/C11H20N2OS/c1-13(6-4-2-3-5-7-14)8-11-9-15-10-12-11/h9-10,14H,2-8H2,1H3. The summed E-state index contributed by atoms with van der Waals surface area (Å²) in [6.45, 7) is 2.39. The molecule has 0 saturated heterocycles. The van der Waals surface area contributed by atoms with Crippen molar-refractivity contribution >= 4 is 11.3 Å². The zero-order chi connectivity index (χ0) is 10.9. The summed E-state index contributed by atoms with van der Waals surface area (Å²) in [5, 5.41) is 10.7. The van der Waals surface area contributed by atoms with Crippen LogP contribution in [0.25, 0.3) is 0 Å². The molecule has 0 unspecified atom stereocenters. The first-order valence-corrected chi connectivity index (χ1v) is 6.43. The Morgan fingerprint density at radius 2 is 2.13 bits per heavy atom. The van der Waals surface area contributed by atoms with Gasteiger partial charge in [-0.25, -0.2) is 4.98 Å². The summed E-state index contributed by atoms with van der Waals surface area (Å²) in [7, 11) is 2.13. The van der Waals surface area contributed by atoms with Gasteiger partial charge < -0.3 is 10.0 Å². The monoisotopic (exact) mass is 228 g/mol. The van der Waals surface area contributed by atoms with Gasteiger partial charge in [-0.05, 0) is 26.4 Å². The number of nitrogens with zero attached hydrogens (tertiary/aromatic N) is 2. The highest BCUT2D eigenvalue weighted by Crippen LogP contribution is 2.06. The van der Waals surface area contributed by atoms with Crippen LogP contribution in [0.1, 0.15) is 31.4 Å². The summed E-state index contributed by atoms with van der Waals surface area (Å²) in [5.41, 5.74) is 3.04. The average molecular weight is 228 g/mol. The van der Waals surface area contributed by atoms with Crippen LogP contribution in [0.15, 0.2) is 10.9 Å². The maximum absolute atomic E-state index is 8.63. The molecule has 0 fully saturated rings. The molecule has 0 aromatic carbocycles. The Hall–Kier alpha value is -0.450. The molecule has 0 aliphatic heterocycles. The Labute approximate surface area is 95.8 Å². The zero-order valence-corrected chi connectivity index (χ0v) is 10.2. The lowest BCUT2D eigenvalue weighted by atomic mass is 10.2. The molecule has 0 bridgehead atoms. The van der Waals surface area contributed by atoms with Crippen molar-refractivity contribution < 1.29 is 5.11 Å². The predicted octanol–water partition coefficient (Wildman–Crippen LogP) is 2.13. The first-order chi connectivity index (χ1) is 7.33. The van der Waals surface area contributed by atoms with E-state index in [1.807, 2.05) is 5.51 Å². The number of hydrogen-bond acceptors (Lipinski definition) is 4. The molecule has 1 heterocycles. The smallest absolute Gasteiger partial charge is 0.0795 e. The van der Waals surface area contributed by atoms with Crippen molar-refractivity contribution in [1.82, 2.24) is 9.88 Å². The summed E-state index contributed by atoms with van der Waals surface area (Å²) in [6.07, 6.45) is 4.50. The topological polar surface area (TPSA) is 36.4 Å². The Bertz CT molecular complexity index is 239. The van der Waals surface area contributed by atoms with Gasteiger partial charge in [0.15, 0.2) is 0 Å². The number of aromatic nitrogens is 1. The van der Waals surface area contributed by atoms with Crippen molar-refractivity contribution in [1.29, 1.82) is 0 Å². The Morgan fingerprint density at radius 1 is 1.33 bits per heavy atom. The van der Waals surface area contributed by atoms with E-state index in [1.54, 1.807) is 11.3 Å². The molecule has 1 aromatic heterocycles. The molecular formula is C11H20N2OS. The molecular weight excluding hydrogens is 208 g/mol. The number of aliphatic hydroxyl groups excluding tert-OH is 1. The Morgan fingerprint density at radius 3 is 2.80 bits per heavy atom. The summed E-state index contributed by atoms with van der Waals surface area (Å²) < 4.78 is 0. The van der Waals surface area contributed by atoms with Crippen LogP contribution < -0.4 is 0 Å². The minimum absolute atomic E-state index is 0.328. The van der Waals surface area contributed by atoms with Crippen LogP contribution in [0.3, 0.4) is 0 Å². The fourth-order valence-corrected chi connectivity index (χ4v) is 2.07. The lowest BCUT2D eigenvalue weighted by Crippen LogP contribution is -2.19. The minimum atomic E-state index is 0.328. The van der Waals surface area contributed by atoms with Gasteiger partial charge in [0.1, 0.15) is 0 Å². The third kappa shape index (κ3) is 5.87. The Balaban J connectivity index is 2.01. The van der Waals surface area contributed by atoms with Gasteiger partial charge in [-0.1, -0.05) is 12.8 Å². The van der Waals surface area contributed by atoms with Crippen molar-refractivity contribution in [2.75, 3.05) is 20.2 Å². The number of unbranched alkanes of at least 4 members (excludes halogenated alkanes) is 3. The van der Waals surface area contributed by atoms with Gasteiger partial charge >= 0.3 is 0 Å². The van der Waals surface area contributed by atoms with E-state index in [9.17, 15) is 0 Å². The molecule has 0 atom stereocenters. The number of rotatable bonds is 8. The predicted molar refractivity (Wildman–Crippen MR) is 64.0 cm³/mol. The SMILES string of the molecule is CN(CCCCCCO)Cc1cscn1. The van der Waals surface area contributed by atoms with Crippen LogP contribution in [0.2, 0.25) is 0 Å². The van der Waals surface area contributed by atoms with E-state index >= 15 is 0 Å². The molecule has 1 rings (SSSR count). The van der Waals surface area contributed by atoms with Gasteiger partial charge in [-0.3, -0.25) is 0 Å². The van der Waals surface area contributed by atoms with E-state index in [0.29, 0.717) is 6.61 Å². The molecule has 3 nitrogen and oxygen atoms in total. The molecule has 0 amide bonds. The second kappa shape index (κ2) is 7.79. The molecule has 0 spiro atoms. The lowest BCUT2D eigenvalue weighted by Gasteiger charge is -2.14. The van der Waals surface area contributed by atoms with Gasteiger partial charge in [-0.15, -0.1) is 11.3 Å². The number of aliphatic hydroxyl groups is 1. The van der Waals surface area contributed by atoms with Crippen LogP contribution in [0.4, 0.5) is 0 Å². The van der Waals surface area contributed by atoms with E-state index in [0.717, 1.165) is 31.6 Å². The van der Waals surface area contributed by atoms with E-state index in [2.05, 4.69) is 22.3 Å². The van der Waals surface area contributed by atoms with E-state index in [4.69, 9.17) is 5.11 Å². The van der Waals surface area contributed by atoms with Gasteiger partial charge in [0.2, 0.25) is 0 Å². The molecule has 0 saturated carbocycles. The maximum Gasteiger partial charge on any atom is 0.0795 e. The molecule has 15 heavy (non-hydrogen) atoms. The highest BCUT2D eigenvalue weighted by Gasteiger charge is 2.01. The number of hydrogen-bond donors (Lipinski definition) is 1. The second-order valence-corrected chi connectivity index (χ2v) is 4.57. The zero-order valence-electron chi connectivity index (χ0n) is 9.35. The van der Waals surface area contributed by atoms with E-state index < -0.39 is 0 Å². The van der Waals surface area contributed by atoms with Crippen molar-refractivity contribution in [2.24, 2.45) is 0 Å². The van der Waals surface area contributed by atoms with E-state index in [1.165, 1.54) is 12.8 Å². The van der Waals surface area contributed by atoms with E-state index in [-0.39, 0.29) is 0 Å². The van der Waals surface area contributed by atoms with Crippen molar-refractivity contribution in [3.63, 3.8) is 0 Å². The largest absolute Gasteiger partial charge is 0.396 e. The van der Waals surface area contributed by atoms with Crippen LogP contribution >= 0.6 is 11.3 Å².